The molecule has 2 fully saturated rings. The summed E-state index contributed by atoms with van der Waals surface area (Å²) in [4.78, 5) is 36.2. The summed E-state index contributed by atoms with van der Waals surface area (Å²) in [6.07, 6.45) is 3.66. The second kappa shape index (κ2) is 8.73. The summed E-state index contributed by atoms with van der Waals surface area (Å²) in [5.74, 6) is 1.36. The lowest BCUT2D eigenvalue weighted by Crippen LogP contribution is -2.45. The van der Waals surface area contributed by atoms with Gasteiger partial charge in [-0.1, -0.05) is 0 Å². The molecule has 1 amide bonds. The Hall–Kier alpha value is -3.43. The molecule has 2 aliphatic rings. The van der Waals surface area contributed by atoms with Crippen molar-refractivity contribution in [3.05, 3.63) is 65.8 Å². The number of carbonyl (C=O) groups is 1. The van der Waals surface area contributed by atoms with Crippen LogP contribution < -0.4 is 0 Å². The highest BCUT2D eigenvalue weighted by atomic mass is 19.4. The maximum atomic E-state index is 13.7. The zero-order valence-corrected chi connectivity index (χ0v) is 18.5. The van der Waals surface area contributed by atoms with Crippen LogP contribution in [0.15, 0.2) is 43.0 Å². The van der Waals surface area contributed by atoms with Crippen LogP contribution >= 0.6 is 0 Å². The van der Waals surface area contributed by atoms with Crippen LogP contribution in [0.4, 0.5) is 13.2 Å². The lowest BCUT2D eigenvalue weighted by molar-refractivity contribution is -0.141. The van der Waals surface area contributed by atoms with Gasteiger partial charge < -0.3 is 4.90 Å². The number of alkyl halides is 3. The van der Waals surface area contributed by atoms with Crippen LogP contribution in [-0.4, -0.2) is 48.3 Å². The molecule has 3 atom stereocenters. The van der Waals surface area contributed by atoms with Crippen molar-refractivity contribution >= 4 is 5.91 Å². The minimum Gasteiger partial charge on any atom is -0.334 e. The molecule has 0 aromatic carbocycles. The highest BCUT2D eigenvalue weighted by Gasteiger charge is 2.47. The first-order valence-corrected chi connectivity index (χ1v) is 11.2. The summed E-state index contributed by atoms with van der Waals surface area (Å²) >= 11 is 0. The molecule has 3 aromatic heterocycles. The molecule has 1 saturated heterocycles. The van der Waals surface area contributed by atoms with Crippen LogP contribution in [0.1, 0.15) is 46.8 Å². The fourth-order valence-electron chi connectivity index (χ4n) is 4.64. The average Bonchev–Trinajstić information content (AvgIpc) is 3.60. The van der Waals surface area contributed by atoms with Gasteiger partial charge in [-0.15, -0.1) is 0 Å². The van der Waals surface area contributed by atoms with Crippen LogP contribution in [-0.2, 0) is 12.6 Å². The number of hydrogen-bond donors (Lipinski definition) is 0. The molecule has 0 N–H and O–H groups in total. The number of aryl methyl sites for hydroxylation is 2. The van der Waals surface area contributed by atoms with Crippen molar-refractivity contribution in [3.8, 4) is 11.4 Å². The maximum absolute atomic E-state index is 13.7. The Kier molecular flexibility index (Phi) is 5.75. The Labute approximate surface area is 194 Å². The molecule has 1 aliphatic heterocycles. The van der Waals surface area contributed by atoms with E-state index in [1.54, 1.807) is 18.5 Å². The van der Waals surface area contributed by atoms with Crippen molar-refractivity contribution in [2.75, 3.05) is 6.54 Å². The van der Waals surface area contributed by atoms with Crippen molar-refractivity contribution in [2.45, 2.75) is 44.8 Å². The van der Waals surface area contributed by atoms with E-state index in [0.717, 1.165) is 24.7 Å². The van der Waals surface area contributed by atoms with E-state index in [2.05, 4.69) is 24.9 Å². The zero-order valence-electron chi connectivity index (χ0n) is 18.5. The molecule has 1 saturated carbocycles. The Morgan fingerprint density at radius 1 is 1.06 bits per heavy atom. The first kappa shape index (κ1) is 22.4. The van der Waals surface area contributed by atoms with Gasteiger partial charge in [0, 0.05) is 36.9 Å². The molecule has 4 heterocycles. The molecule has 34 heavy (non-hydrogen) atoms. The molecular formula is C24H23F3N6O. The Morgan fingerprint density at radius 2 is 1.85 bits per heavy atom. The number of likely N-dealkylation sites (tertiary alicyclic amines) is 1. The van der Waals surface area contributed by atoms with Gasteiger partial charge in [0.25, 0.3) is 5.91 Å². The monoisotopic (exact) mass is 468 g/mol. The molecular weight excluding hydrogens is 445 g/mol. The standard InChI is InChI=1S/C24H23F3N6O/c1-14-3-6-19(22-28-7-2-8-29-22)21(32-14)23(34)33-13-16-9-15(16)10-18(33)5-4-17-11-31-20(12-30-17)24(25,26)27/h2-3,6-8,11-12,15-16,18H,4-5,9-10,13H2,1H3. The number of pyridine rings is 1. The third-order valence-electron chi connectivity index (χ3n) is 6.55. The van der Waals surface area contributed by atoms with Crippen LogP contribution in [0.3, 0.4) is 0 Å². The van der Waals surface area contributed by atoms with E-state index >= 15 is 0 Å². The lowest BCUT2D eigenvalue weighted by atomic mass is 9.96. The summed E-state index contributed by atoms with van der Waals surface area (Å²) in [6, 6.07) is 5.31. The van der Waals surface area contributed by atoms with Gasteiger partial charge in [-0.05, 0) is 62.6 Å². The van der Waals surface area contributed by atoms with Gasteiger partial charge in [-0.25, -0.2) is 19.9 Å². The van der Waals surface area contributed by atoms with Crippen LogP contribution in [0.5, 0.6) is 0 Å². The van der Waals surface area contributed by atoms with Gasteiger partial charge in [0.05, 0.1) is 17.5 Å². The topological polar surface area (TPSA) is 84.8 Å². The molecule has 3 unspecified atom stereocenters. The van der Waals surface area contributed by atoms with Crippen molar-refractivity contribution in [2.24, 2.45) is 11.8 Å². The van der Waals surface area contributed by atoms with Crippen molar-refractivity contribution in [1.29, 1.82) is 0 Å². The van der Waals surface area contributed by atoms with Crippen LogP contribution in [0.25, 0.3) is 11.4 Å². The lowest BCUT2D eigenvalue weighted by Gasteiger charge is -2.35. The Bertz CT molecular complexity index is 1190. The number of carbonyl (C=O) groups excluding carboxylic acids is 1. The SMILES string of the molecule is Cc1ccc(-c2ncccn2)c(C(=O)N2CC3CC3CC2CCc2cnc(C(F)(F)F)cn2)n1. The van der Waals surface area contributed by atoms with E-state index < -0.39 is 11.9 Å². The summed E-state index contributed by atoms with van der Waals surface area (Å²) in [6.45, 7) is 2.48. The largest absolute Gasteiger partial charge is 0.434 e. The van der Waals surface area contributed by atoms with Gasteiger partial charge in [-0.2, -0.15) is 13.2 Å². The molecule has 0 spiro atoms. The molecule has 7 nitrogen and oxygen atoms in total. The number of halogens is 3. The van der Waals surface area contributed by atoms with Gasteiger partial charge >= 0.3 is 6.18 Å². The molecule has 176 valence electrons. The maximum Gasteiger partial charge on any atom is 0.434 e. The fourth-order valence-corrected chi connectivity index (χ4v) is 4.64. The number of aromatic nitrogens is 5. The number of nitrogens with zero attached hydrogens (tertiary/aromatic N) is 6. The van der Waals surface area contributed by atoms with E-state index in [0.29, 0.717) is 54.0 Å². The number of hydrogen-bond acceptors (Lipinski definition) is 6. The summed E-state index contributed by atoms with van der Waals surface area (Å²) < 4.78 is 38.3. The van der Waals surface area contributed by atoms with E-state index in [-0.39, 0.29) is 11.9 Å². The highest BCUT2D eigenvalue weighted by molar-refractivity contribution is 5.98. The molecule has 3 aromatic rings. The first-order chi connectivity index (χ1) is 16.3. The molecule has 1 aliphatic carbocycles. The average molecular weight is 468 g/mol. The summed E-state index contributed by atoms with van der Waals surface area (Å²) in [5, 5.41) is 0. The molecule has 0 bridgehead atoms. The first-order valence-electron chi connectivity index (χ1n) is 11.2. The van der Waals surface area contributed by atoms with Gasteiger partial charge in [0.1, 0.15) is 5.69 Å². The normalized spacial score (nSPS) is 21.8. The third kappa shape index (κ3) is 4.62. The third-order valence-corrected chi connectivity index (χ3v) is 6.55. The van der Waals surface area contributed by atoms with Gasteiger partial charge in [0.15, 0.2) is 11.5 Å². The van der Waals surface area contributed by atoms with E-state index in [1.165, 1.54) is 6.20 Å². The second-order valence-corrected chi connectivity index (χ2v) is 8.95. The van der Waals surface area contributed by atoms with Crippen molar-refractivity contribution < 1.29 is 18.0 Å². The summed E-state index contributed by atoms with van der Waals surface area (Å²) in [7, 11) is 0. The van der Waals surface area contributed by atoms with Gasteiger partial charge in [-0.3, -0.25) is 9.78 Å². The van der Waals surface area contributed by atoms with E-state index in [1.807, 2.05) is 24.0 Å². The number of amides is 1. The minimum atomic E-state index is -4.51. The zero-order chi connectivity index (χ0) is 23.9. The number of rotatable bonds is 5. The Balaban J connectivity index is 1.37. The fraction of sp³-hybridized carbons (Fsp3) is 0.417. The predicted octanol–water partition coefficient (Wildman–Crippen LogP) is 4.14. The van der Waals surface area contributed by atoms with E-state index in [9.17, 15) is 18.0 Å². The Morgan fingerprint density at radius 3 is 2.56 bits per heavy atom. The highest BCUT2D eigenvalue weighted by Crippen LogP contribution is 2.48. The minimum absolute atomic E-state index is 0.0489. The molecule has 5 rings (SSSR count). The predicted molar refractivity (Wildman–Crippen MR) is 116 cm³/mol. The number of fused-ring (bicyclic) bond motifs is 1. The van der Waals surface area contributed by atoms with Crippen molar-refractivity contribution in [3.63, 3.8) is 0 Å². The van der Waals surface area contributed by atoms with Gasteiger partial charge in [0.2, 0.25) is 0 Å². The van der Waals surface area contributed by atoms with Crippen LogP contribution in [0.2, 0.25) is 0 Å². The quantitative estimate of drug-likeness (QED) is 0.560. The van der Waals surface area contributed by atoms with Crippen molar-refractivity contribution in [1.82, 2.24) is 29.8 Å². The summed E-state index contributed by atoms with van der Waals surface area (Å²) in [5.41, 5.74) is 1.10. The smallest absolute Gasteiger partial charge is 0.334 e. The second-order valence-electron chi connectivity index (χ2n) is 8.95. The number of piperidine rings is 1. The van der Waals surface area contributed by atoms with E-state index in [4.69, 9.17) is 0 Å². The molecule has 10 heteroatoms. The molecule has 0 radical (unpaired) electrons. The van der Waals surface area contributed by atoms with Crippen LogP contribution in [0, 0.1) is 18.8 Å².